The Balaban J connectivity index is 1.37. The maximum atomic E-state index is 12.1. The van der Waals surface area contributed by atoms with Gasteiger partial charge in [0.25, 0.3) is 0 Å². The zero-order chi connectivity index (χ0) is 20.9. The molecule has 3 atom stereocenters. The van der Waals surface area contributed by atoms with Crippen LogP contribution in [0.1, 0.15) is 17.7 Å². The summed E-state index contributed by atoms with van der Waals surface area (Å²) >= 11 is 0. The van der Waals surface area contributed by atoms with Gasteiger partial charge in [-0.05, 0) is 17.6 Å². The molecule has 8 nitrogen and oxygen atoms in total. The Kier molecular flexibility index (Phi) is 6.25. The van der Waals surface area contributed by atoms with Crippen LogP contribution in [0.5, 0.6) is 0 Å². The molecule has 2 aromatic rings. The highest BCUT2D eigenvalue weighted by Crippen LogP contribution is 2.44. The summed E-state index contributed by atoms with van der Waals surface area (Å²) in [5.74, 6) is -0.466. The summed E-state index contributed by atoms with van der Waals surface area (Å²) in [6.07, 6.45) is 5.75. The van der Waals surface area contributed by atoms with Gasteiger partial charge in [-0.25, -0.2) is 9.48 Å². The number of allylic oxidation sites excluding steroid dienone is 1. The number of hydrogen-bond acceptors (Lipinski definition) is 7. The Morgan fingerprint density at radius 2 is 2.07 bits per heavy atom. The molecule has 0 saturated heterocycles. The summed E-state index contributed by atoms with van der Waals surface area (Å²) in [4.78, 5) is 12.1. The first-order valence-electron chi connectivity index (χ1n) is 9.86. The third-order valence-electron chi connectivity index (χ3n) is 5.46. The topological polar surface area (TPSA) is 84.7 Å². The van der Waals surface area contributed by atoms with Crippen molar-refractivity contribution in [2.24, 2.45) is 11.8 Å². The van der Waals surface area contributed by atoms with E-state index in [9.17, 15) is 4.79 Å². The van der Waals surface area contributed by atoms with Crippen LogP contribution < -0.4 is 0 Å². The standard InChI is InChI=1S/C22H25N3O5/c1-27-21(26)19-14-30-22(28-2)20-16(8-9-18(19)20)10-25-11-17(23-24-25)13-29-12-15-6-4-3-5-7-15/h3-8,11,14,18,20,22H,9-10,12-13H2,1-2H3/t18-,20-,22-/m1/s1. The molecule has 0 saturated carbocycles. The number of rotatable bonds is 8. The van der Waals surface area contributed by atoms with Gasteiger partial charge < -0.3 is 18.9 Å². The van der Waals surface area contributed by atoms with Crippen LogP contribution in [-0.2, 0) is 43.5 Å². The number of benzene rings is 1. The van der Waals surface area contributed by atoms with Crippen molar-refractivity contribution in [1.29, 1.82) is 0 Å². The summed E-state index contributed by atoms with van der Waals surface area (Å²) < 4.78 is 23.6. The lowest BCUT2D eigenvalue weighted by molar-refractivity contribution is -0.146. The number of aromatic nitrogens is 3. The largest absolute Gasteiger partial charge is 0.471 e. The average Bonchev–Trinajstić information content (AvgIpc) is 3.41. The molecular formula is C22H25N3O5. The molecule has 2 aliphatic rings. The smallest absolute Gasteiger partial charge is 0.337 e. The van der Waals surface area contributed by atoms with E-state index in [1.165, 1.54) is 13.4 Å². The van der Waals surface area contributed by atoms with Gasteiger partial charge in [-0.1, -0.05) is 41.6 Å². The van der Waals surface area contributed by atoms with Crippen molar-refractivity contribution >= 4 is 5.97 Å². The number of carbonyl (C=O) groups excluding carboxylic acids is 1. The molecule has 1 aromatic carbocycles. The molecule has 1 aliphatic heterocycles. The summed E-state index contributed by atoms with van der Waals surface area (Å²) in [7, 11) is 2.98. The lowest BCUT2D eigenvalue weighted by Gasteiger charge is -2.34. The first-order chi connectivity index (χ1) is 14.7. The maximum Gasteiger partial charge on any atom is 0.337 e. The van der Waals surface area contributed by atoms with Crippen molar-refractivity contribution in [3.05, 3.63) is 71.3 Å². The molecule has 1 aliphatic carbocycles. The van der Waals surface area contributed by atoms with Crippen LogP contribution in [0.15, 0.2) is 60.0 Å². The van der Waals surface area contributed by atoms with Gasteiger partial charge in [-0.15, -0.1) is 5.10 Å². The summed E-state index contributed by atoms with van der Waals surface area (Å²) in [6, 6.07) is 10.00. The third kappa shape index (κ3) is 4.29. The Bertz CT molecular complexity index is 937. The number of carbonyl (C=O) groups is 1. The van der Waals surface area contributed by atoms with E-state index >= 15 is 0 Å². The van der Waals surface area contributed by atoms with Crippen molar-refractivity contribution < 1.29 is 23.7 Å². The quantitative estimate of drug-likeness (QED) is 0.488. The SMILES string of the molecule is COC(=O)C1=CO[C@@H](OC)[C@@H]2C(Cn3cc(COCc4ccccc4)nn3)=CC[C@H]12. The number of hydrogen-bond donors (Lipinski definition) is 0. The fourth-order valence-corrected chi connectivity index (χ4v) is 4.02. The normalized spacial score (nSPS) is 22.7. The third-order valence-corrected chi connectivity index (χ3v) is 5.46. The molecule has 0 amide bonds. The van der Waals surface area contributed by atoms with Crippen LogP contribution in [0.4, 0.5) is 0 Å². The van der Waals surface area contributed by atoms with Crippen LogP contribution in [-0.4, -0.2) is 41.5 Å². The summed E-state index contributed by atoms with van der Waals surface area (Å²) in [5.41, 5.74) is 3.52. The highest BCUT2D eigenvalue weighted by molar-refractivity contribution is 5.89. The van der Waals surface area contributed by atoms with Crippen molar-refractivity contribution in [3.63, 3.8) is 0 Å². The number of fused-ring (bicyclic) bond motifs is 1. The van der Waals surface area contributed by atoms with Gasteiger partial charge in [0.05, 0.1) is 50.8 Å². The van der Waals surface area contributed by atoms with E-state index in [-0.39, 0.29) is 17.8 Å². The van der Waals surface area contributed by atoms with Gasteiger partial charge in [0.2, 0.25) is 6.29 Å². The molecule has 158 valence electrons. The second-order valence-electron chi connectivity index (χ2n) is 7.34. The van der Waals surface area contributed by atoms with E-state index in [0.717, 1.165) is 23.3 Å². The molecule has 0 fully saturated rings. The predicted molar refractivity (Wildman–Crippen MR) is 107 cm³/mol. The average molecular weight is 411 g/mol. The van der Waals surface area contributed by atoms with Gasteiger partial charge >= 0.3 is 5.97 Å². The minimum absolute atomic E-state index is 0.0247. The second-order valence-corrected chi connectivity index (χ2v) is 7.34. The number of methoxy groups -OCH3 is 2. The molecule has 0 radical (unpaired) electrons. The van der Waals surface area contributed by atoms with Crippen molar-refractivity contribution in [2.45, 2.75) is 32.5 Å². The molecule has 8 heteroatoms. The molecule has 0 N–H and O–H groups in total. The van der Waals surface area contributed by atoms with E-state index in [0.29, 0.717) is 25.3 Å². The van der Waals surface area contributed by atoms with Crippen LogP contribution in [0.25, 0.3) is 0 Å². The Labute approximate surface area is 175 Å². The Morgan fingerprint density at radius 3 is 2.83 bits per heavy atom. The first kappa shape index (κ1) is 20.3. The highest BCUT2D eigenvalue weighted by Gasteiger charge is 2.44. The molecule has 4 rings (SSSR count). The van der Waals surface area contributed by atoms with Gasteiger partial charge in [0, 0.05) is 13.0 Å². The van der Waals surface area contributed by atoms with Gasteiger partial charge in [0.1, 0.15) is 5.69 Å². The molecule has 0 unspecified atom stereocenters. The summed E-state index contributed by atoms with van der Waals surface area (Å²) in [6.45, 7) is 1.46. The molecule has 1 aromatic heterocycles. The van der Waals surface area contributed by atoms with Gasteiger partial charge in [-0.2, -0.15) is 0 Å². The van der Waals surface area contributed by atoms with Crippen molar-refractivity contribution in [1.82, 2.24) is 15.0 Å². The fraction of sp³-hybridized carbons (Fsp3) is 0.409. The molecule has 0 spiro atoms. The lowest BCUT2D eigenvalue weighted by Crippen LogP contribution is -2.37. The van der Waals surface area contributed by atoms with E-state index in [2.05, 4.69) is 16.4 Å². The van der Waals surface area contributed by atoms with Crippen LogP contribution in [0.2, 0.25) is 0 Å². The zero-order valence-corrected chi connectivity index (χ0v) is 17.1. The number of ether oxygens (including phenoxy) is 4. The van der Waals surface area contributed by atoms with E-state index in [4.69, 9.17) is 18.9 Å². The van der Waals surface area contributed by atoms with Crippen molar-refractivity contribution in [2.75, 3.05) is 14.2 Å². The van der Waals surface area contributed by atoms with Crippen LogP contribution in [0, 0.1) is 11.8 Å². The van der Waals surface area contributed by atoms with E-state index in [1.54, 1.807) is 11.8 Å². The maximum absolute atomic E-state index is 12.1. The first-order valence-corrected chi connectivity index (χ1v) is 9.86. The number of nitrogens with zero attached hydrogens (tertiary/aromatic N) is 3. The van der Waals surface area contributed by atoms with E-state index in [1.807, 2.05) is 36.5 Å². The lowest BCUT2D eigenvalue weighted by atomic mass is 9.83. The molecule has 2 heterocycles. The number of esters is 1. The summed E-state index contributed by atoms with van der Waals surface area (Å²) in [5, 5.41) is 8.42. The minimum Gasteiger partial charge on any atom is -0.471 e. The Hall–Kier alpha value is -2.97. The van der Waals surface area contributed by atoms with Crippen LogP contribution >= 0.6 is 0 Å². The predicted octanol–water partition coefficient (Wildman–Crippen LogP) is 2.62. The zero-order valence-electron chi connectivity index (χ0n) is 17.1. The monoisotopic (exact) mass is 411 g/mol. The van der Waals surface area contributed by atoms with Crippen LogP contribution in [0.3, 0.4) is 0 Å². The van der Waals surface area contributed by atoms with Gasteiger partial charge in [-0.3, -0.25) is 0 Å². The van der Waals surface area contributed by atoms with Gasteiger partial charge in [0.15, 0.2) is 0 Å². The molecular weight excluding hydrogens is 386 g/mol. The minimum atomic E-state index is -0.450. The van der Waals surface area contributed by atoms with Crippen molar-refractivity contribution in [3.8, 4) is 0 Å². The highest BCUT2D eigenvalue weighted by atomic mass is 16.7. The molecule has 0 bridgehead atoms. The fourth-order valence-electron chi connectivity index (χ4n) is 4.02. The molecule has 30 heavy (non-hydrogen) atoms. The second kappa shape index (κ2) is 9.23. The Morgan fingerprint density at radius 1 is 1.23 bits per heavy atom. The van der Waals surface area contributed by atoms with E-state index < -0.39 is 6.29 Å².